The zero-order valence-corrected chi connectivity index (χ0v) is 20.0. The minimum atomic E-state index is -4.72. The largest absolute Gasteiger partial charge is 0.433 e. The van der Waals surface area contributed by atoms with Crippen molar-refractivity contribution in [1.29, 1.82) is 0 Å². The van der Waals surface area contributed by atoms with E-state index in [9.17, 15) is 26.4 Å². The first-order chi connectivity index (χ1) is 16.7. The van der Waals surface area contributed by atoms with Gasteiger partial charge in [0.15, 0.2) is 11.3 Å². The van der Waals surface area contributed by atoms with E-state index in [1.165, 1.54) is 42.7 Å². The molecule has 0 saturated heterocycles. The molecule has 4 rings (SSSR count). The molecular weight excluding hydrogens is 499 g/mol. The molecule has 14 heteroatoms. The van der Waals surface area contributed by atoms with Crippen LogP contribution in [0.25, 0.3) is 5.65 Å². The van der Waals surface area contributed by atoms with Crippen LogP contribution in [0.5, 0.6) is 0 Å². The van der Waals surface area contributed by atoms with Crippen molar-refractivity contribution < 1.29 is 26.4 Å². The molecule has 0 aliphatic rings. The number of halogens is 3. The van der Waals surface area contributed by atoms with Crippen LogP contribution in [-0.2, 0) is 21.6 Å². The van der Waals surface area contributed by atoms with Gasteiger partial charge in [0.05, 0.1) is 10.6 Å². The van der Waals surface area contributed by atoms with Crippen LogP contribution in [0, 0.1) is 0 Å². The summed E-state index contributed by atoms with van der Waals surface area (Å²) in [6.45, 7) is 5.17. The van der Waals surface area contributed by atoms with E-state index in [-0.39, 0.29) is 33.6 Å². The van der Waals surface area contributed by atoms with Gasteiger partial charge >= 0.3 is 6.18 Å². The molecule has 0 aliphatic carbocycles. The van der Waals surface area contributed by atoms with Crippen LogP contribution in [0.15, 0.2) is 59.8 Å². The molecule has 0 bridgehead atoms. The first-order valence-corrected chi connectivity index (χ1v) is 11.9. The standard InChI is InChI=1S/C22H20F3N7O3S/c1-21(2,3)16-12-17(22(23,24)25)32-18(29-16)11-15(30-32)19(33)28-13-5-7-14(8-6-13)36(34,35)31-20-26-9-4-10-27-20/h4-12H,1-3H3,(H,28,33)(H,26,27,31). The smallest absolute Gasteiger partial charge is 0.321 e. The number of amides is 1. The van der Waals surface area contributed by atoms with Gasteiger partial charge in [-0.05, 0) is 36.4 Å². The summed E-state index contributed by atoms with van der Waals surface area (Å²) < 4.78 is 68.7. The number of rotatable bonds is 5. The van der Waals surface area contributed by atoms with E-state index < -0.39 is 33.2 Å². The van der Waals surface area contributed by atoms with Crippen molar-refractivity contribution in [3.8, 4) is 0 Å². The molecule has 0 fully saturated rings. The molecule has 1 aromatic carbocycles. The van der Waals surface area contributed by atoms with E-state index in [0.29, 0.717) is 4.52 Å². The van der Waals surface area contributed by atoms with Gasteiger partial charge in [0, 0.05) is 29.6 Å². The monoisotopic (exact) mass is 519 g/mol. The van der Waals surface area contributed by atoms with Crippen LogP contribution < -0.4 is 10.0 Å². The van der Waals surface area contributed by atoms with E-state index in [1.807, 2.05) is 0 Å². The number of aromatic nitrogens is 5. The molecule has 0 spiro atoms. The first kappa shape index (κ1) is 25.0. The Hall–Kier alpha value is -4.07. The minimum Gasteiger partial charge on any atom is -0.321 e. The molecule has 3 aromatic heterocycles. The Morgan fingerprint density at radius 1 is 1.00 bits per heavy atom. The summed E-state index contributed by atoms with van der Waals surface area (Å²) in [6.07, 6.45) is -1.97. The minimum absolute atomic E-state index is 0.108. The third-order valence-electron chi connectivity index (χ3n) is 4.93. The van der Waals surface area contributed by atoms with Crippen LogP contribution in [0.1, 0.15) is 42.6 Å². The van der Waals surface area contributed by atoms with Crippen molar-refractivity contribution in [3.05, 3.63) is 71.9 Å². The number of fused-ring (bicyclic) bond motifs is 1. The predicted octanol–water partition coefficient (Wildman–Crippen LogP) is 3.89. The number of carbonyl (C=O) groups excluding carboxylic acids is 1. The van der Waals surface area contributed by atoms with E-state index in [1.54, 1.807) is 20.8 Å². The molecule has 188 valence electrons. The van der Waals surface area contributed by atoms with E-state index >= 15 is 0 Å². The topological polar surface area (TPSA) is 131 Å². The second-order valence-corrected chi connectivity index (χ2v) is 10.4. The van der Waals surface area contributed by atoms with E-state index in [0.717, 1.165) is 12.1 Å². The molecule has 10 nitrogen and oxygen atoms in total. The number of sulfonamides is 1. The Kier molecular flexibility index (Phi) is 6.16. The Morgan fingerprint density at radius 2 is 1.64 bits per heavy atom. The zero-order valence-electron chi connectivity index (χ0n) is 19.2. The second kappa shape index (κ2) is 8.86. The third kappa shape index (κ3) is 5.27. The highest BCUT2D eigenvalue weighted by Crippen LogP contribution is 2.32. The molecule has 36 heavy (non-hydrogen) atoms. The zero-order chi connectivity index (χ0) is 26.3. The number of benzene rings is 1. The lowest BCUT2D eigenvalue weighted by atomic mass is 9.91. The molecule has 3 heterocycles. The summed E-state index contributed by atoms with van der Waals surface area (Å²) in [5, 5.41) is 6.29. The van der Waals surface area contributed by atoms with Gasteiger partial charge in [-0.3, -0.25) is 4.79 Å². The van der Waals surface area contributed by atoms with E-state index in [4.69, 9.17) is 0 Å². The lowest BCUT2D eigenvalue weighted by molar-refractivity contribution is -0.142. The lowest BCUT2D eigenvalue weighted by Crippen LogP contribution is -2.20. The fraction of sp³-hybridized carbons (Fsp3) is 0.227. The normalized spacial score (nSPS) is 12.5. The number of nitrogens with one attached hydrogen (secondary N) is 2. The molecule has 1 amide bonds. The van der Waals surface area contributed by atoms with Crippen LogP contribution in [0.2, 0.25) is 0 Å². The summed E-state index contributed by atoms with van der Waals surface area (Å²) in [5.41, 5.74) is -1.75. The Balaban J connectivity index is 1.58. The molecule has 0 radical (unpaired) electrons. The van der Waals surface area contributed by atoms with Gasteiger partial charge in [0.25, 0.3) is 15.9 Å². The SMILES string of the molecule is CC(C)(C)c1cc(C(F)(F)F)n2nc(C(=O)Nc3ccc(S(=O)(=O)Nc4ncccn4)cc3)cc2n1. The first-order valence-electron chi connectivity index (χ1n) is 10.4. The molecule has 0 atom stereocenters. The van der Waals surface area contributed by atoms with Crippen molar-refractivity contribution in [1.82, 2.24) is 24.6 Å². The quantitative estimate of drug-likeness (QED) is 0.409. The highest BCUT2D eigenvalue weighted by atomic mass is 32.2. The lowest BCUT2D eigenvalue weighted by Gasteiger charge is -2.19. The highest BCUT2D eigenvalue weighted by molar-refractivity contribution is 7.92. The van der Waals surface area contributed by atoms with E-state index in [2.05, 4.69) is 30.1 Å². The Morgan fingerprint density at radius 3 is 2.22 bits per heavy atom. The van der Waals surface area contributed by atoms with Crippen molar-refractivity contribution in [2.75, 3.05) is 10.0 Å². The summed E-state index contributed by atoms with van der Waals surface area (Å²) >= 11 is 0. The average molecular weight is 520 g/mol. The number of nitrogens with zero attached hydrogens (tertiary/aromatic N) is 5. The predicted molar refractivity (Wildman–Crippen MR) is 124 cm³/mol. The van der Waals surface area contributed by atoms with Crippen molar-refractivity contribution in [2.45, 2.75) is 37.3 Å². The van der Waals surface area contributed by atoms with Crippen molar-refractivity contribution >= 4 is 33.2 Å². The van der Waals surface area contributed by atoms with Crippen molar-refractivity contribution in [2.24, 2.45) is 0 Å². The number of alkyl halides is 3. The van der Waals surface area contributed by atoms with Gasteiger partial charge in [-0.25, -0.2) is 32.6 Å². The molecule has 0 aliphatic heterocycles. The number of hydrogen-bond acceptors (Lipinski definition) is 7. The maximum atomic E-state index is 13.7. The molecule has 0 saturated carbocycles. The van der Waals surface area contributed by atoms with Gasteiger partial charge in [-0.15, -0.1) is 0 Å². The van der Waals surface area contributed by atoms with Gasteiger partial charge in [0.2, 0.25) is 5.95 Å². The average Bonchev–Trinajstić information content (AvgIpc) is 3.22. The van der Waals surface area contributed by atoms with Crippen LogP contribution in [0.3, 0.4) is 0 Å². The van der Waals surface area contributed by atoms with Gasteiger partial charge in [-0.2, -0.15) is 18.3 Å². The van der Waals surface area contributed by atoms with Crippen LogP contribution in [0.4, 0.5) is 24.8 Å². The fourth-order valence-corrected chi connectivity index (χ4v) is 4.07. The Bertz CT molecular complexity index is 1530. The molecule has 2 N–H and O–H groups in total. The summed E-state index contributed by atoms with van der Waals surface area (Å²) in [6, 6.07) is 8.73. The van der Waals surface area contributed by atoms with Gasteiger partial charge < -0.3 is 5.32 Å². The number of carbonyl (C=O) groups is 1. The fourth-order valence-electron chi connectivity index (χ4n) is 3.12. The van der Waals surface area contributed by atoms with Crippen LogP contribution in [-0.4, -0.2) is 38.9 Å². The van der Waals surface area contributed by atoms with Crippen LogP contribution >= 0.6 is 0 Å². The number of hydrogen-bond donors (Lipinski definition) is 2. The second-order valence-electron chi connectivity index (χ2n) is 8.73. The molecule has 4 aromatic rings. The maximum Gasteiger partial charge on any atom is 0.433 e. The Labute approximate surface area is 203 Å². The van der Waals surface area contributed by atoms with Gasteiger partial charge in [0.1, 0.15) is 5.69 Å². The maximum absolute atomic E-state index is 13.7. The third-order valence-corrected chi connectivity index (χ3v) is 6.28. The highest BCUT2D eigenvalue weighted by Gasteiger charge is 2.36. The molecule has 0 unspecified atom stereocenters. The summed E-state index contributed by atoms with van der Waals surface area (Å²) in [4.78, 5) is 24.4. The summed E-state index contributed by atoms with van der Waals surface area (Å²) in [7, 11) is -3.98. The number of anilines is 2. The molecular formula is C22H20F3N7O3S. The summed E-state index contributed by atoms with van der Waals surface area (Å²) in [5.74, 6) is -0.902. The van der Waals surface area contributed by atoms with Crippen molar-refractivity contribution in [3.63, 3.8) is 0 Å². The van der Waals surface area contributed by atoms with Gasteiger partial charge in [-0.1, -0.05) is 20.8 Å².